The lowest BCUT2D eigenvalue weighted by atomic mass is 10.2. The minimum Gasteiger partial charge on any atom is -0.477 e. The Bertz CT molecular complexity index is 643. The summed E-state index contributed by atoms with van der Waals surface area (Å²) in [7, 11) is 1.89. The van der Waals surface area contributed by atoms with Crippen LogP contribution in [-0.2, 0) is 6.54 Å². The molecule has 1 aromatic heterocycles. The smallest absolute Gasteiger partial charge is 0.345 e. The van der Waals surface area contributed by atoms with Gasteiger partial charge in [-0.3, -0.25) is 0 Å². The zero-order chi connectivity index (χ0) is 13.8. The van der Waals surface area contributed by atoms with E-state index >= 15 is 0 Å². The molecule has 0 amide bonds. The highest BCUT2D eigenvalue weighted by molar-refractivity contribution is 7.13. The van der Waals surface area contributed by atoms with Gasteiger partial charge in [-0.1, -0.05) is 12.1 Å². The first-order chi connectivity index (χ1) is 9.11. The molecule has 0 radical (unpaired) electrons. The zero-order valence-corrected chi connectivity index (χ0v) is 11.1. The third-order valence-corrected chi connectivity index (χ3v) is 3.76. The zero-order valence-electron chi connectivity index (χ0n) is 10.3. The monoisotopic (exact) mass is 272 g/mol. The number of benzene rings is 1. The van der Waals surface area contributed by atoms with Crippen LogP contribution in [0.4, 0.5) is 5.69 Å². The predicted molar refractivity (Wildman–Crippen MR) is 74.5 cm³/mol. The first-order valence-electron chi connectivity index (χ1n) is 5.64. The minimum atomic E-state index is -0.906. The molecule has 1 N–H and O–H groups in total. The van der Waals surface area contributed by atoms with Crippen molar-refractivity contribution in [2.45, 2.75) is 6.54 Å². The number of carbonyl (C=O) groups is 1. The summed E-state index contributed by atoms with van der Waals surface area (Å²) >= 11 is 1.25. The van der Waals surface area contributed by atoms with Gasteiger partial charge >= 0.3 is 5.97 Å². The summed E-state index contributed by atoms with van der Waals surface area (Å²) in [4.78, 5) is 14.0. The van der Waals surface area contributed by atoms with E-state index in [4.69, 9.17) is 10.4 Å². The number of carboxylic acids is 1. The van der Waals surface area contributed by atoms with Gasteiger partial charge in [0.05, 0.1) is 17.8 Å². The van der Waals surface area contributed by atoms with Gasteiger partial charge in [-0.05, 0) is 24.3 Å². The average molecular weight is 272 g/mol. The lowest BCUT2D eigenvalue weighted by Crippen LogP contribution is -2.16. The van der Waals surface area contributed by atoms with Crippen LogP contribution in [0, 0.1) is 11.3 Å². The third-order valence-electron chi connectivity index (χ3n) is 2.70. The number of rotatable bonds is 4. The summed E-state index contributed by atoms with van der Waals surface area (Å²) in [6, 6.07) is 12.9. The van der Waals surface area contributed by atoms with Crippen LogP contribution in [-0.4, -0.2) is 18.1 Å². The van der Waals surface area contributed by atoms with Gasteiger partial charge in [-0.2, -0.15) is 5.26 Å². The van der Waals surface area contributed by atoms with E-state index in [0.717, 1.165) is 10.6 Å². The molecule has 2 aromatic rings. The van der Waals surface area contributed by atoms with Crippen LogP contribution in [0.2, 0.25) is 0 Å². The maximum atomic E-state index is 10.8. The standard InChI is InChI=1S/C14H12N2O2S/c1-16(12-5-3-2-4-10(12)8-15)9-11-6-7-13(19-11)14(17)18/h2-7H,9H2,1H3,(H,17,18). The van der Waals surface area contributed by atoms with Crippen molar-refractivity contribution in [1.29, 1.82) is 5.26 Å². The van der Waals surface area contributed by atoms with Gasteiger partial charge in [0.25, 0.3) is 0 Å². The number of hydrogen-bond acceptors (Lipinski definition) is 4. The van der Waals surface area contributed by atoms with Gasteiger partial charge in [0.2, 0.25) is 0 Å². The summed E-state index contributed by atoms with van der Waals surface area (Å²) in [5.41, 5.74) is 1.45. The Morgan fingerprint density at radius 1 is 1.37 bits per heavy atom. The Morgan fingerprint density at radius 2 is 2.11 bits per heavy atom. The van der Waals surface area contributed by atoms with Gasteiger partial charge < -0.3 is 10.0 Å². The summed E-state index contributed by atoms with van der Waals surface area (Å²) in [6.07, 6.45) is 0. The molecule has 0 bridgehead atoms. The maximum Gasteiger partial charge on any atom is 0.345 e. The van der Waals surface area contributed by atoms with Crippen molar-refractivity contribution in [3.63, 3.8) is 0 Å². The highest BCUT2D eigenvalue weighted by Crippen LogP contribution is 2.23. The third kappa shape index (κ3) is 2.92. The molecule has 2 rings (SSSR count). The SMILES string of the molecule is CN(Cc1ccc(C(=O)O)s1)c1ccccc1C#N. The molecule has 0 atom stereocenters. The molecule has 0 fully saturated rings. The molecule has 0 aliphatic rings. The molecule has 0 aliphatic carbocycles. The minimum absolute atomic E-state index is 0.331. The van der Waals surface area contributed by atoms with Crippen LogP contribution < -0.4 is 4.90 Å². The fourth-order valence-corrected chi connectivity index (χ4v) is 2.70. The number of carboxylic acid groups (broad SMARTS) is 1. The van der Waals surface area contributed by atoms with Crippen LogP contribution in [0.15, 0.2) is 36.4 Å². The van der Waals surface area contributed by atoms with Gasteiger partial charge in [0.1, 0.15) is 10.9 Å². The topological polar surface area (TPSA) is 64.3 Å². The van der Waals surface area contributed by atoms with Gasteiger partial charge in [0, 0.05) is 11.9 Å². The molecule has 96 valence electrons. The van der Waals surface area contributed by atoms with Crippen LogP contribution in [0.25, 0.3) is 0 Å². The van der Waals surface area contributed by atoms with Crippen LogP contribution in [0.5, 0.6) is 0 Å². The number of aromatic carboxylic acids is 1. The molecule has 19 heavy (non-hydrogen) atoms. The number of anilines is 1. The average Bonchev–Trinajstić information content (AvgIpc) is 2.87. The van der Waals surface area contributed by atoms with E-state index in [1.807, 2.05) is 30.1 Å². The number of para-hydroxylation sites is 1. The summed E-state index contributed by atoms with van der Waals surface area (Å²) in [5.74, 6) is -0.906. The molecule has 0 saturated heterocycles. The fourth-order valence-electron chi connectivity index (χ4n) is 1.80. The van der Waals surface area contributed by atoms with E-state index < -0.39 is 5.97 Å². The number of nitriles is 1. The van der Waals surface area contributed by atoms with Crippen molar-refractivity contribution in [3.8, 4) is 6.07 Å². The largest absolute Gasteiger partial charge is 0.477 e. The molecule has 0 unspecified atom stereocenters. The predicted octanol–water partition coefficient (Wildman–Crippen LogP) is 2.95. The van der Waals surface area contributed by atoms with Crippen molar-refractivity contribution in [3.05, 3.63) is 51.7 Å². The van der Waals surface area contributed by atoms with E-state index in [2.05, 4.69) is 6.07 Å². The fraction of sp³-hybridized carbons (Fsp3) is 0.143. The normalized spacial score (nSPS) is 9.89. The number of nitrogens with zero attached hydrogens (tertiary/aromatic N) is 2. The van der Waals surface area contributed by atoms with Crippen LogP contribution in [0.1, 0.15) is 20.1 Å². The molecule has 0 aliphatic heterocycles. The highest BCUT2D eigenvalue weighted by atomic mass is 32.1. The van der Waals surface area contributed by atoms with Crippen LogP contribution >= 0.6 is 11.3 Å². The second kappa shape index (κ2) is 5.55. The highest BCUT2D eigenvalue weighted by Gasteiger charge is 2.11. The summed E-state index contributed by atoms with van der Waals surface area (Å²) in [5, 5.41) is 17.9. The Labute approximate surface area is 115 Å². The van der Waals surface area contributed by atoms with Crippen molar-refractivity contribution in [2.75, 3.05) is 11.9 Å². The van der Waals surface area contributed by atoms with E-state index in [1.54, 1.807) is 18.2 Å². The second-order valence-corrected chi connectivity index (χ2v) is 5.22. The van der Waals surface area contributed by atoms with Crippen molar-refractivity contribution >= 4 is 23.0 Å². The van der Waals surface area contributed by atoms with Crippen LogP contribution in [0.3, 0.4) is 0 Å². The first-order valence-corrected chi connectivity index (χ1v) is 6.45. The lowest BCUT2D eigenvalue weighted by Gasteiger charge is -2.19. The van der Waals surface area contributed by atoms with Gasteiger partial charge in [0.15, 0.2) is 0 Å². The molecule has 0 spiro atoms. The molecule has 1 aromatic carbocycles. The van der Waals surface area contributed by atoms with Crippen molar-refractivity contribution in [2.24, 2.45) is 0 Å². The number of thiophene rings is 1. The first kappa shape index (κ1) is 13.1. The quantitative estimate of drug-likeness (QED) is 0.929. The Kier molecular flexibility index (Phi) is 3.83. The van der Waals surface area contributed by atoms with E-state index in [9.17, 15) is 4.79 Å². The Morgan fingerprint density at radius 3 is 2.74 bits per heavy atom. The molecule has 1 heterocycles. The maximum absolute atomic E-state index is 10.8. The van der Waals surface area contributed by atoms with Crippen molar-refractivity contribution < 1.29 is 9.90 Å². The Balaban J connectivity index is 2.18. The van der Waals surface area contributed by atoms with Crippen molar-refractivity contribution in [1.82, 2.24) is 0 Å². The van der Waals surface area contributed by atoms with E-state index in [1.165, 1.54) is 11.3 Å². The second-order valence-electron chi connectivity index (χ2n) is 4.06. The molecule has 4 nitrogen and oxygen atoms in total. The summed E-state index contributed by atoms with van der Waals surface area (Å²) in [6.45, 7) is 0.580. The van der Waals surface area contributed by atoms with Gasteiger partial charge in [-0.15, -0.1) is 11.3 Å². The van der Waals surface area contributed by atoms with Gasteiger partial charge in [-0.25, -0.2) is 4.79 Å². The Hall–Kier alpha value is -2.32. The number of hydrogen-bond donors (Lipinski definition) is 1. The summed E-state index contributed by atoms with van der Waals surface area (Å²) < 4.78 is 0. The molecular weight excluding hydrogens is 260 g/mol. The van der Waals surface area contributed by atoms with E-state index in [0.29, 0.717) is 17.0 Å². The molecule has 5 heteroatoms. The molecular formula is C14H12N2O2S. The lowest BCUT2D eigenvalue weighted by molar-refractivity contribution is 0.0702. The molecule has 0 saturated carbocycles. The van der Waals surface area contributed by atoms with E-state index in [-0.39, 0.29) is 0 Å².